The Morgan fingerprint density at radius 1 is 1.44 bits per heavy atom. The van der Waals surface area contributed by atoms with Gasteiger partial charge < -0.3 is 10.6 Å². The van der Waals surface area contributed by atoms with E-state index in [9.17, 15) is 13.2 Å². The molecule has 2 aromatic rings. The molecule has 0 aliphatic carbocycles. The van der Waals surface area contributed by atoms with Crippen LogP contribution in [0, 0.1) is 0 Å². The molecule has 1 amide bonds. The Morgan fingerprint density at radius 3 is 2.96 bits per heavy atom. The summed E-state index contributed by atoms with van der Waals surface area (Å²) >= 11 is 1.41. The molecule has 0 fully saturated rings. The molecule has 2 heterocycles. The number of carbonyl (C=O) groups is 1. The number of hydrogen-bond acceptors (Lipinski definition) is 6. The zero-order valence-corrected chi connectivity index (χ0v) is 15.5. The molecule has 1 aliphatic rings. The second-order valence-electron chi connectivity index (χ2n) is 5.66. The second-order valence-corrected chi connectivity index (χ2v) is 8.37. The van der Waals surface area contributed by atoms with Crippen LogP contribution in [0.1, 0.15) is 28.0 Å². The Hall–Kier alpha value is -1.81. The molecule has 0 atom stereocenters. The van der Waals surface area contributed by atoms with Crippen molar-refractivity contribution in [1.29, 1.82) is 0 Å². The van der Waals surface area contributed by atoms with Gasteiger partial charge in [0.05, 0.1) is 9.90 Å². The number of fused-ring (bicyclic) bond motifs is 1. The quantitative estimate of drug-likeness (QED) is 0.782. The zero-order valence-electron chi connectivity index (χ0n) is 13.9. The van der Waals surface area contributed by atoms with E-state index in [1.807, 2.05) is 0 Å². The van der Waals surface area contributed by atoms with E-state index in [4.69, 9.17) is 5.73 Å². The summed E-state index contributed by atoms with van der Waals surface area (Å²) in [7, 11) is -3.56. The van der Waals surface area contributed by atoms with Gasteiger partial charge in [0.2, 0.25) is 10.0 Å². The van der Waals surface area contributed by atoms with Gasteiger partial charge in [0.15, 0.2) is 0 Å². The summed E-state index contributed by atoms with van der Waals surface area (Å²) in [5, 5.41) is 2.55. The molecule has 0 spiro atoms. The monoisotopic (exact) mass is 380 g/mol. The van der Waals surface area contributed by atoms with Crippen molar-refractivity contribution in [3.63, 3.8) is 0 Å². The van der Waals surface area contributed by atoms with Crippen LogP contribution in [0.15, 0.2) is 28.5 Å². The van der Waals surface area contributed by atoms with Crippen LogP contribution in [0.5, 0.6) is 0 Å². The highest BCUT2D eigenvalue weighted by molar-refractivity contribution is 7.89. The lowest BCUT2D eigenvalue weighted by atomic mass is 10.2. The fraction of sp³-hybridized carbons (Fsp3) is 0.375. The van der Waals surface area contributed by atoms with Crippen molar-refractivity contribution in [2.24, 2.45) is 5.73 Å². The van der Waals surface area contributed by atoms with E-state index in [1.165, 1.54) is 11.3 Å². The Balaban J connectivity index is 1.91. The molecule has 1 aliphatic heterocycles. The third-order valence-electron chi connectivity index (χ3n) is 3.97. The fourth-order valence-electron chi connectivity index (χ4n) is 2.80. The van der Waals surface area contributed by atoms with Crippen molar-refractivity contribution < 1.29 is 13.2 Å². The van der Waals surface area contributed by atoms with Crippen LogP contribution in [0.4, 0.5) is 5.69 Å². The van der Waals surface area contributed by atoms with Gasteiger partial charge in [-0.2, -0.15) is 0 Å². The summed E-state index contributed by atoms with van der Waals surface area (Å²) in [6.45, 7) is 3.04. The summed E-state index contributed by atoms with van der Waals surface area (Å²) in [6.07, 6.45) is 1.34. The van der Waals surface area contributed by atoms with Crippen LogP contribution in [0.3, 0.4) is 0 Å². The topological polar surface area (TPSA) is 105 Å². The van der Waals surface area contributed by atoms with Gasteiger partial charge in [0, 0.05) is 30.6 Å². The van der Waals surface area contributed by atoms with Gasteiger partial charge >= 0.3 is 0 Å². The van der Waals surface area contributed by atoms with Crippen molar-refractivity contribution in [3.05, 3.63) is 39.8 Å². The van der Waals surface area contributed by atoms with E-state index in [2.05, 4.69) is 9.71 Å². The minimum Gasteiger partial charge on any atom is -0.330 e. The van der Waals surface area contributed by atoms with Crippen LogP contribution < -0.4 is 15.4 Å². The van der Waals surface area contributed by atoms with E-state index in [0.717, 1.165) is 10.6 Å². The van der Waals surface area contributed by atoms with E-state index >= 15 is 0 Å². The molecular formula is C16H20N4O3S2. The number of carbonyl (C=O) groups excluding carboxylic acids is 1. The van der Waals surface area contributed by atoms with Crippen molar-refractivity contribution >= 4 is 33.0 Å². The molecule has 0 bridgehead atoms. The standard InChI is InChI=1S/C16H20N4O3S2/c1-2-18-25(22,23)12-4-3-11-6-8-20(14(11)9-12)16(21)13-10-24-15(19-13)5-7-17/h3-4,9-10,18H,2,5-8,17H2,1H3. The maximum atomic E-state index is 12.8. The highest BCUT2D eigenvalue weighted by atomic mass is 32.2. The van der Waals surface area contributed by atoms with Crippen molar-refractivity contribution in [1.82, 2.24) is 9.71 Å². The molecule has 1 aromatic heterocycles. The Bertz CT molecular complexity index is 893. The minimum atomic E-state index is -3.56. The number of rotatable bonds is 6. The first-order chi connectivity index (χ1) is 12.0. The van der Waals surface area contributed by atoms with Gasteiger partial charge in [-0.15, -0.1) is 11.3 Å². The maximum absolute atomic E-state index is 12.8. The van der Waals surface area contributed by atoms with Gasteiger partial charge in [-0.05, 0) is 30.7 Å². The van der Waals surface area contributed by atoms with E-state index in [1.54, 1.807) is 35.4 Å². The Kier molecular flexibility index (Phi) is 5.19. The van der Waals surface area contributed by atoms with Gasteiger partial charge in [0.25, 0.3) is 5.91 Å². The van der Waals surface area contributed by atoms with E-state index in [-0.39, 0.29) is 10.8 Å². The number of thiazole rings is 1. The molecular weight excluding hydrogens is 360 g/mol. The largest absolute Gasteiger partial charge is 0.330 e. The normalized spacial score (nSPS) is 13.9. The number of nitrogens with two attached hydrogens (primary N) is 1. The number of anilines is 1. The van der Waals surface area contributed by atoms with Crippen LogP contribution >= 0.6 is 11.3 Å². The molecule has 0 unspecified atom stereocenters. The van der Waals surface area contributed by atoms with Crippen LogP contribution in [-0.4, -0.2) is 38.9 Å². The summed E-state index contributed by atoms with van der Waals surface area (Å²) in [6, 6.07) is 4.91. The lowest BCUT2D eigenvalue weighted by Gasteiger charge is -2.17. The average Bonchev–Trinajstić information content (AvgIpc) is 3.20. The van der Waals surface area contributed by atoms with Crippen LogP contribution in [-0.2, 0) is 22.9 Å². The molecule has 9 heteroatoms. The molecule has 0 saturated carbocycles. The molecule has 1 aromatic carbocycles. The van der Waals surface area contributed by atoms with Gasteiger partial charge in [-0.3, -0.25) is 4.79 Å². The first-order valence-corrected chi connectivity index (χ1v) is 10.4. The molecule has 25 heavy (non-hydrogen) atoms. The summed E-state index contributed by atoms with van der Waals surface area (Å²) in [5.74, 6) is -0.212. The Morgan fingerprint density at radius 2 is 2.24 bits per heavy atom. The highest BCUT2D eigenvalue weighted by Crippen LogP contribution is 2.31. The average molecular weight is 380 g/mol. The molecule has 0 saturated heterocycles. The van der Waals surface area contributed by atoms with Crippen LogP contribution in [0.2, 0.25) is 0 Å². The van der Waals surface area contributed by atoms with Gasteiger partial charge in [-0.25, -0.2) is 18.1 Å². The molecule has 3 rings (SSSR count). The third-order valence-corrected chi connectivity index (χ3v) is 6.42. The maximum Gasteiger partial charge on any atom is 0.277 e. The van der Waals surface area contributed by atoms with Crippen LogP contribution in [0.25, 0.3) is 0 Å². The lowest BCUT2D eigenvalue weighted by Crippen LogP contribution is -2.29. The van der Waals surface area contributed by atoms with E-state index in [0.29, 0.717) is 43.9 Å². The predicted molar refractivity (Wildman–Crippen MR) is 97.6 cm³/mol. The minimum absolute atomic E-state index is 0.162. The lowest BCUT2D eigenvalue weighted by molar-refractivity contribution is 0.0985. The van der Waals surface area contributed by atoms with E-state index < -0.39 is 10.0 Å². The number of sulfonamides is 1. The summed E-state index contributed by atoms with van der Waals surface area (Å²) < 4.78 is 26.9. The number of benzene rings is 1. The third kappa shape index (κ3) is 3.59. The van der Waals surface area contributed by atoms with Crippen molar-refractivity contribution in [2.75, 3.05) is 24.5 Å². The highest BCUT2D eigenvalue weighted by Gasteiger charge is 2.28. The summed E-state index contributed by atoms with van der Waals surface area (Å²) in [4.78, 5) is 18.9. The fourth-order valence-corrected chi connectivity index (χ4v) is 4.64. The molecule has 7 nitrogen and oxygen atoms in total. The molecule has 3 N–H and O–H groups in total. The number of hydrogen-bond donors (Lipinski definition) is 2. The first kappa shape index (κ1) is 18.0. The Labute approximate surface area is 150 Å². The summed E-state index contributed by atoms with van der Waals surface area (Å²) in [5.41, 5.74) is 7.49. The predicted octanol–water partition coefficient (Wildman–Crippen LogP) is 1.15. The molecule has 134 valence electrons. The SMILES string of the molecule is CCNS(=O)(=O)c1ccc2c(c1)N(C(=O)c1csc(CCN)n1)CC2. The van der Waals surface area contributed by atoms with Crippen molar-refractivity contribution in [3.8, 4) is 0 Å². The number of amides is 1. The number of nitrogens with zero attached hydrogens (tertiary/aromatic N) is 2. The van der Waals surface area contributed by atoms with Gasteiger partial charge in [-0.1, -0.05) is 13.0 Å². The second kappa shape index (κ2) is 7.20. The molecule has 0 radical (unpaired) electrons. The zero-order chi connectivity index (χ0) is 18.0. The first-order valence-electron chi connectivity index (χ1n) is 8.05. The van der Waals surface area contributed by atoms with Crippen molar-refractivity contribution in [2.45, 2.75) is 24.7 Å². The number of nitrogens with one attached hydrogen (secondary N) is 1. The van der Waals surface area contributed by atoms with Gasteiger partial charge in [0.1, 0.15) is 5.69 Å². The smallest absolute Gasteiger partial charge is 0.277 e. The number of aromatic nitrogens is 1.